The van der Waals surface area contributed by atoms with Gasteiger partial charge in [-0.3, -0.25) is 4.79 Å². The minimum Gasteiger partial charge on any atom is -0.379 e. The Kier molecular flexibility index (Phi) is 7.33. The predicted molar refractivity (Wildman–Crippen MR) is 122 cm³/mol. The predicted octanol–water partition coefficient (Wildman–Crippen LogP) is 3.48. The van der Waals surface area contributed by atoms with Gasteiger partial charge < -0.3 is 25.4 Å². The lowest BCUT2D eigenvalue weighted by Gasteiger charge is -2.33. The molecule has 3 fully saturated rings. The van der Waals surface area contributed by atoms with Crippen LogP contribution in [0.1, 0.15) is 42.4 Å². The summed E-state index contributed by atoms with van der Waals surface area (Å²) in [6, 6.07) is 3.25. The lowest BCUT2D eigenvalue weighted by Crippen LogP contribution is -2.45. The highest BCUT2D eigenvalue weighted by Crippen LogP contribution is 2.53. The van der Waals surface area contributed by atoms with E-state index in [1.165, 1.54) is 4.90 Å². The standard InChI is InChI=1S/C25H34F3N3O4/c1-15-5-17(9-19(6-15)25(26,27)28)11-30-22(32)24-10-16(7-18-3-4-35-13-21(18)34-2)8-20(24)12-31(14-24)23(29)33/h5-6,9,16,18,20-21H,3-4,7-8,10-14H2,1-2H3,(H2,29,33)(H,30,32)/t16-,18?,20+,21?,24+/m1/s1. The average Bonchev–Trinajstić information content (AvgIpc) is 3.32. The van der Waals surface area contributed by atoms with Crippen LogP contribution in [0, 0.1) is 30.1 Å². The van der Waals surface area contributed by atoms with Crippen molar-refractivity contribution in [3.8, 4) is 0 Å². The van der Waals surface area contributed by atoms with E-state index in [2.05, 4.69) is 5.32 Å². The number of carbonyl (C=O) groups is 2. The van der Waals surface area contributed by atoms with E-state index in [0.717, 1.165) is 31.4 Å². The van der Waals surface area contributed by atoms with Gasteiger partial charge in [0.1, 0.15) is 0 Å². The fourth-order valence-electron chi connectivity index (χ4n) is 6.41. The molecule has 2 aliphatic heterocycles. The number of methoxy groups -OCH3 is 1. The normalized spacial score (nSPS) is 30.8. The fourth-order valence-corrected chi connectivity index (χ4v) is 6.41. The monoisotopic (exact) mass is 497 g/mol. The molecular weight excluding hydrogens is 463 g/mol. The van der Waals surface area contributed by atoms with Crippen LogP contribution in [0.15, 0.2) is 18.2 Å². The van der Waals surface area contributed by atoms with Gasteiger partial charge >= 0.3 is 12.2 Å². The molecule has 1 aromatic rings. The first-order chi connectivity index (χ1) is 16.5. The zero-order valence-electron chi connectivity index (χ0n) is 20.2. The number of fused-ring (bicyclic) bond motifs is 1. The number of primary amides is 1. The van der Waals surface area contributed by atoms with Gasteiger partial charge in [-0.1, -0.05) is 11.6 Å². The zero-order valence-corrected chi connectivity index (χ0v) is 20.2. The molecule has 3 N–H and O–H groups in total. The number of hydrogen-bond donors (Lipinski definition) is 2. The minimum atomic E-state index is -4.45. The summed E-state index contributed by atoms with van der Waals surface area (Å²) in [5, 5.41) is 2.88. The maximum atomic E-state index is 13.6. The highest BCUT2D eigenvalue weighted by molar-refractivity contribution is 5.85. The molecule has 0 aromatic heterocycles. The minimum absolute atomic E-state index is 0.00891. The zero-order chi connectivity index (χ0) is 25.4. The number of benzene rings is 1. The molecule has 194 valence electrons. The molecule has 0 bridgehead atoms. The van der Waals surface area contributed by atoms with Crippen LogP contribution in [0.5, 0.6) is 0 Å². The summed E-state index contributed by atoms with van der Waals surface area (Å²) >= 11 is 0. The van der Waals surface area contributed by atoms with E-state index >= 15 is 0 Å². The maximum Gasteiger partial charge on any atom is 0.416 e. The van der Waals surface area contributed by atoms with E-state index in [0.29, 0.717) is 43.2 Å². The molecule has 0 radical (unpaired) electrons. The topological polar surface area (TPSA) is 93.9 Å². The Balaban J connectivity index is 1.48. The summed E-state index contributed by atoms with van der Waals surface area (Å²) in [5.74, 6) is 0.374. The average molecular weight is 498 g/mol. The first kappa shape index (κ1) is 25.8. The molecule has 0 spiro atoms. The smallest absolute Gasteiger partial charge is 0.379 e. The number of nitrogens with zero attached hydrogens (tertiary/aromatic N) is 1. The summed E-state index contributed by atoms with van der Waals surface area (Å²) in [6.07, 6.45) is -1.20. The van der Waals surface area contributed by atoms with E-state index < -0.39 is 23.2 Å². The number of nitrogens with one attached hydrogen (secondary N) is 1. The van der Waals surface area contributed by atoms with Crippen molar-refractivity contribution in [3.05, 3.63) is 34.9 Å². The van der Waals surface area contributed by atoms with Gasteiger partial charge in [-0.15, -0.1) is 0 Å². The van der Waals surface area contributed by atoms with E-state index in [1.54, 1.807) is 20.1 Å². The molecular formula is C25H34F3N3O4. The van der Waals surface area contributed by atoms with E-state index in [4.69, 9.17) is 15.2 Å². The molecule has 1 saturated carbocycles. The largest absolute Gasteiger partial charge is 0.416 e. The Morgan fingerprint density at radius 2 is 2.09 bits per heavy atom. The summed E-state index contributed by atoms with van der Waals surface area (Å²) in [4.78, 5) is 27.0. The van der Waals surface area contributed by atoms with E-state index in [-0.39, 0.29) is 36.9 Å². The van der Waals surface area contributed by atoms with Crippen LogP contribution in [-0.4, -0.2) is 56.4 Å². The van der Waals surface area contributed by atoms with Gasteiger partial charge in [0.25, 0.3) is 0 Å². The number of hydrogen-bond acceptors (Lipinski definition) is 4. The number of nitrogens with two attached hydrogens (primary N) is 1. The van der Waals surface area contributed by atoms with Crippen LogP contribution >= 0.6 is 0 Å². The number of likely N-dealkylation sites (tertiary alicyclic amines) is 1. The van der Waals surface area contributed by atoms with Gasteiger partial charge in [0.2, 0.25) is 5.91 Å². The number of ether oxygens (including phenoxy) is 2. The van der Waals surface area contributed by atoms with Gasteiger partial charge in [0.05, 0.1) is 23.7 Å². The molecule has 2 heterocycles. The summed E-state index contributed by atoms with van der Waals surface area (Å²) < 4.78 is 50.8. The van der Waals surface area contributed by atoms with Crippen LogP contribution in [0.4, 0.5) is 18.0 Å². The Morgan fingerprint density at radius 1 is 1.31 bits per heavy atom. The van der Waals surface area contributed by atoms with Crippen LogP contribution in [0.3, 0.4) is 0 Å². The Morgan fingerprint density at radius 3 is 2.77 bits per heavy atom. The number of amides is 3. The summed E-state index contributed by atoms with van der Waals surface area (Å²) in [5.41, 5.74) is 4.89. The van der Waals surface area contributed by atoms with Crippen molar-refractivity contribution < 1.29 is 32.2 Å². The molecule has 7 nitrogen and oxygen atoms in total. The molecule has 5 atom stereocenters. The molecule has 3 amide bonds. The first-order valence-electron chi connectivity index (χ1n) is 12.1. The lowest BCUT2D eigenvalue weighted by molar-refractivity contribution is -0.137. The van der Waals surface area contributed by atoms with Crippen LogP contribution in [0.25, 0.3) is 0 Å². The summed E-state index contributed by atoms with van der Waals surface area (Å²) in [6.45, 7) is 3.50. The molecule has 2 saturated heterocycles. The third-order valence-corrected chi connectivity index (χ3v) is 8.03. The maximum absolute atomic E-state index is 13.6. The number of urea groups is 1. The van der Waals surface area contributed by atoms with Crippen molar-refractivity contribution in [2.45, 2.75) is 51.4 Å². The number of rotatable bonds is 6. The highest BCUT2D eigenvalue weighted by Gasteiger charge is 2.58. The Bertz CT molecular complexity index is 956. The van der Waals surface area contributed by atoms with Crippen molar-refractivity contribution in [1.82, 2.24) is 10.2 Å². The fraction of sp³-hybridized carbons (Fsp3) is 0.680. The van der Waals surface area contributed by atoms with Gasteiger partial charge in [-0.25, -0.2) is 4.79 Å². The SMILES string of the molecule is COC1COCCC1C[C@@H]1C[C@H]2CN(C(N)=O)C[C@@]2(C(=O)NCc2cc(C)cc(C(F)(F)F)c2)C1. The number of alkyl halides is 3. The van der Waals surface area contributed by atoms with Crippen molar-refractivity contribution in [2.24, 2.45) is 28.9 Å². The molecule has 35 heavy (non-hydrogen) atoms. The molecule has 4 rings (SSSR count). The molecule has 1 aromatic carbocycles. The van der Waals surface area contributed by atoms with Crippen molar-refractivity contribution in [1.29, 1.82) is 0 Å². The third kappa shape index (κ3) is 5.43. The Labute approximate surface area is 203 Å². The molecule has 1 aliphatic carbocycles. The van der Waals surface area contributed by atoms with Crippen molar-refractivity contribution in [2.75, 3.05) is 33.4 Å². The number of halogens is 3. The Hall–Kier alpha value is -2.33. The van der Waals surface area contributed by atoms with Crippen LogP contribution < -0.4 is 11.1 Å². The first-order valence-corrected chi connectivity index (χ1v) is 12.1. The second-order valence-corrected chi connectivity index (χ2v) is 10.4. The number of carbonyl (C=O) groups excluding carboxylic acids is 2. The summed E-state index contributed by atoms with van der Waals surface area (Å²) in [7, 11) is 1.69. The van der Waals surface area contributed by atoms with Crippen molar-refractivity contribution in [3.63, 3.8) is 0 Å². The van der Waals surface area contributed by atoms with Crippen LogP contribution in [-0.2, 0) is 27.0 Å². The van der Waals surface area contributed by atoms with Gasteiger partial charge in [-0.05, 0) is 68.1 Å². The van der Waals surface area contributed by atoms with Crippen LogP contribution in [0.2, 0.25) is 0 Å². The molecule has 2 unspecified atom stereocenters. The molecule has 10 heteroatoms. The van der Waals surface area contributed by atoms with Gasteiger partial charge in [0.15, 0.2) is 0 Å². The molecule has 3 aliphatic rings. The van der Waals surface area contributed by atoms with Crippen molar-refractivity contribution >= 4 is 11.9 Å². The second-order valence-electron chi connectivity index (χ2n) is 10.4. The quantitative estimate of drug-likeness (QED) is 0.629. The highest BCUT2D eigenvalue weighted by atomic mass is 19.4. The van der Waals surface area contributed by atoms with Gasteiger partial charge in [0, 0.05) is 33.4 Å². The van der Waals surface area contributed by atoms with E-state index in [1.807, 2.05) is 0 Å². The second kappa shape index (κ2) is 9.97. The lowest BCUT2D eigenvalue weighted by atomic mass is 9.78. The third-order valence-electron chi connectivity index (χ3n) is 8.03. The van der Waals surface area contributed by atoms with Gasteiger partial charge in [-0.2, -0.15) is 13.2 Å². The number of aryl methyl sites for hydroxylation is 1. The van der Waals surface area contributed by atoms with E-state index in [9.17, 15) is 22.8 Å².